The minimum absolute atomic E-state index is 0.125. The molecule has 0 N–H and O–H groups in total. The highest BCUT2D eigenvalue weighted by Crippen LogP contribution is 2.34. The summed E-state index contributed by atoms with van der Waals surface area (Å²) in [5, 5.41) is 2.47. The van der Waals surface area contributed by atoms with Crippen LogP contribution in [-0.4, -0.2) is 16.6 Å². The quantitative estimate of drug-likeness (QED) is 0.723. The van der Waals surface area contributed by atoms with Crippen molar-refractivity contribution in [3.63, 3.8) is 0 Å². The SMILES string of the molecule is Cc1csc(C2C(=O)c3ccccc3C2=O)n1. The standard InChI is InChI=1S/C13H9NO2S/c1-7-6-17-13(14-7)10-11(15)8-4-2-3-5-9(8)12(10)16/h2-6,10H,1H3. The molecule has 2 aromatic rings. The van der Waals surface area contributed by atoms with E-state index >= 15 is 0 Å². The number of hydrogen-bond donors (Lipinski definition) is 0. The van der Waals surface area contributed by atoms with Crippen LogP contribution >= 0.6 is 11.3 Å². The largest absolute Gasteiger partial charge is 0.293 e. The molecule has 1 heterocycles. The average Bonchev–Trinajstić information content (AvgIpc) is 2.84. The second-order valence-electron chi connectivity index (χ2n) is 4.03. The Morgan fingerprint density at radius 2 is 1.71 bits per heavy atom. The van der Waals surface area contributed by atoms with Gasteiger partial charge in [0.1, 0.15) is 10.9 Å². The Morgan fingerprint density at radius 3 is 2.18 bits per heavy atom. The van der Waals surface area contributed by atoms with Gasteiger partial charge in [-0.25, -0.2) is 4.98 Å². The number of carbonyl (C=O) groups is 2. The summed E-state index contributed by atoms with van der Waals surface area (Å²) in [6.45, 7) is 1.86. The molecule has 3 rings (SSSR count). The third kappa shape index (κ3) is 1.45. The smallest absolute Gasteiger partial charge is 0.181 e. The van der Waals surface area contributed by atoms with Gasteiger partial charge >= 0.3 is 0 Å². The van der Waals surface area contributed by atoms with E-state index in [0.29, 0.717) is 16.1 Å². The zero-order chi connectivity index (χ0) is 12.0. The topological polar surface area (TPSA) is 47.0 Å². The van der Waals surface area contributed by atoms with Crippen LogP contribution in [0, 0.1) is 6.92 Å². The summed E-state index contributed by atoms with van der Waals surface area (Å²) >= 11 is 1.37. The summed E-state index contributed by atoms with van der Waals surface area (Å²) in [5.41, 5.74) is 1.90. The molecule has 0 atom stereocenters. The number of hydrogen-bond acceptors (Lipinski definition) is 4. The Labute approximate surface area is 102 Å². The zero-order valence-electron chi connectivity index (χ0n) is 9.14. The van der Waals surface area contributed by atoms with Gasteiger partial charge in [-0.1, -0.05) is 24.3 Å². The summed E-state index contributed by atoms with van der Waals surface area (Å²) in [5.74, 6) is -0.967. The van der Waals surface area contributed by atoms with Gasteiger partial charge in [0.25, 0.3) is 0 Å². The molecule has 17 heavy (non-hydrogen) atoms. The second-order valence-corrected chi connectivity index (χ2v) is 4.92. The molecule has 84 valence electrons. The van der Waals surface area contributed by atoms with Crippen molar-refractivity contribution in [2.45, 2.75) is 12.8 Å². The van der Waals surface area contributed by atoms with Gasteiger partial charge in [0.05, 0.1) is 0 Å². The number of Topliss-reactive ketones (excluding diaryl/α,β-unsaturated/α-hetero) is 2. The maximum absolute atomic E-state index is 12.2. The van der Waals surface area contributed by atoms with E-state index < -0.39 is 5.92 Å². The molecule has 3 nitrogen and oxygen atoms in total. The predicted molar refractivity (Wildman–Crippen MR) is 64.7 cm³/mol. The number of aromatic nitrogens is 1. The first-order valence-electron chi connectivity index (χ1n) is 5.28. The first-order valence-corrected chi connectivity index (χ1v) is 6.16. The first kappa shape index (κ1) is 10.4. The Bertz CT molecular complexity index is 595. The van der Waals surface area contributed by atoms with Crippen LogP contribution in [-0.2, 0) is 0 Å². The highest BCUT2D eigenvalue weighted by atomic mass is 32.1. The average molecular weight is 243 g/mol. The molecule has 4 heteroatoms. The van der Waals surface area contributed by atoms with Crippen molar-refractivity contribution in [2.24, 2.45) is 0 Å². The van der Waals surface area contributed by atoms with E-state index in [2.05, 4.69) is 4.98 Å². The number of rotatable bonds is 1. The molecule has 1 aromatic heterocycles. The maximum Gasteiger partial charge on any atom is 0.181 e. The number of thiazole rings is 1. The molecule has 0 radical (unpaired) electrons. The van der Waals surface area contributed by atoms with Gasteiger partial charge < -0.3 is 0 Å². The van der Waals surface area contributed by atoms with Crippen molar-refractivity contribution >= 4 is 22.9 Å². The van der Waals surface area contributed by atoms with Crippen molar-refractivity contribution < 1.29 is 9.59 Å². The van der Waals surface area contributed by atoms with Gasteiger partial charge in [0.15, 0.2) is 11.6 Å². The predicted octanol–water partition coefficient (Wildman–Crippen LogP) is 2.61. The third-order valence-corrected chi connectivity index (χ3v) is 3.89. The van der Waals surface area contributed by atoms with E-state index in [1.807, 2.05) is 12.3 Å². The molecule has 0 fully saturated rings. The molecule has 0 aliphatic heterocycles. The number of nitrogens with zero attached hydrogens (tertiary/aromatic N) is 1. The summed E-state index contributed by atoms with van der Waals surface area (Å²) in [7, 11) is 0. The van der Waals surface area contributed by atoms with Crippen molar-refractivity contribution in [2.75, 3.05) is 0 Å². The van der Waals surface area contributed by atoms with Gasteiger partial charge in [-0.3, -0.25) is 9.59 Å². The summed E-state index contributed by atoms with van der Waals surface area (Å²) < 4.78 is 0. The Balaban J connectivity index is 2.12. The van der Waals surface area contributed by atoms with Crippen molar-refractivity contribution in [1.82, 2.24) is 4.98 Å². The van der Waals surface area contributed by atoms with Crippen molar-refractivity contribution in [1.29, 1.82) is 0 Å². The van der Waals surface area contributed by atoms with Crippen LogP contribution in [0.5, 0.6) is 0 Å². The fourth-order valence-corrected chi connectivity index (χ4v) is 2.96. The van der Waals surface area contributed by atoms with E-state index in [4.69, 9.17) is 0 Å². The molecule has 1 aromatic carbocycles. The van der Waals surface area contributed by atoms with E-state index in [9.17, 15) is 9.59 Å². The second kappa shape index (κ2) is 3.60. The first-order chi connectivity index (χ1) is 8.18. The van der Waals surface area contributed by atoms with Crippen LogP contribution in [0.3, 0.4) is 0 Å². The van der Waals surface area contributed by atoms with Gasteiger partial charge in [0, 0.05) is 22.2 Å². The Kier molecular flexibility index (Phi) is 2.19. The Hall–Kier alpha value is -1.81. The van der Waals surface area contributed by atoms with Crippen LogP contribution in [0.15, 0.2) is 29.6 Å². The molecule has 0 spiro atoms. The van der Waals surface area contributed by atoms with Gasteiger partial charge in [-0.05, 0) is 6.92 Å². The van der Waals surface area contributed by atoms with Gasteiger partial charge in [-0.2, -0.15) is 0 Å². The molecule has 0 saturated carbocycles. The molecule has 0 unspecified atom stereocenters. The number of benzene rings is 1. The summed E-state index contributed by atoms with van der Waals surface area (Å²) in [6, 6.07) is 6.96. The molecule has 1 aliphatic carbocycles. The molecular formula is C13H9NO2S. The van der Waals surface area contributed by atoms with Gasteiger partial charge in [-0.15, -0.1) is 11.3 Å². The number of carbonyl (C=O) groups excluding carboxylic acids is 2. The fraction of sp³-hybridized carbons (Fsp3) is 0.154. The van der Waals surface area contributed by atoms with Crippen molar-refractivity contribution in [3.05, 3.63) is 51.5 Å². The monoisotopic (exact) mass is 243 g/mol. The zero-order valence-corrected chi connectivity index (χ0v) is 9.95. The molecule has 0 saturated heterocycles. The number of aryl methyl sites for hydroxylation is 1. The number of fused-ring (bicyclic) bond motifs is 1. The van der Waals surface area contributed by atoms with E-state index in [0.717, 1.165) is 5.69 Å². The van der Waals surface area contributed by atoms with Crippen LogP contribution in [0.4, 0.5) is 0 Å². The van der Waals surface area contributed by atoms with Crippen LogP contribution < -0.4 is 0 Å². The van der Waals surface area contributed by atoms with Gasteiger partial charge in [0.2, 0.25) is 0 Å². The fourth-order valence-electron chi connectivity index (χ4n) is 2.07. The minimum Gasteiger partial charge on any atom is -0.293 e. The van der Waals surface area contributed by atoms with Crippen LogP contribution in [0.25, 0.3) is 0 Å². The summed E-state index contributed by atoms with van der Waals surface area (Å²) in [4.78, 5) is 28.6. The van der Waals surface area contributed by atoms with Crippen LogP contribution in [0.2, 0.25) is 0 Å². The van der Waals surface area contributed by atoms with Crippen LogP contribution in [0.1, 0.15) is 37.3 Å². The lowest BCUT2D eigenvalue weighted by Crippen LogP contribution is -2.12. The number of ketones is 2. The highest BCUT2D eigenvalue weighted by molar-refractivity contribution is 7.10. The van der Waals surface area contributed by atoms with E-state index in [1.165, 1.54) is 11.3 Å². The highest BCUT2D eigenvalue weighted by Gasteiger charge is 2.40. The van der Waals surface area contributed by atoms with Crippen molar-refractivity contribution in [3.8, 4) is 0 Å². The summed E-state index contributed by atoms with van der Waals surface area (Å²) in [6.07, 6.45) is 0. The molecule has 1 aliphatic rings. The normalized spacial score (nSPS) is 15.4. The van der Waals surface area contributed by atoms with E-state index in [1.54, 1.807) is 24.3 Å². The van der Waals surface area contributed by atoms with E-state index in [-0.39, 0.29) is 11.6 Å². The lowest BCUT2D eigenvalue weighted by atomic mass is 10.1. The third-order valence-electron chi connectivity index (χ3n) is 2.87. The lowest BCUT2D eigenvalue weighted by molar-refractivity contribution is 0.0890. The lowest BCUT2D eigenvalue weighted by Gasteiger charge is -2.00. The molecule has 0 amide bonds. The molecular weight excluding hydrogens is 234 g/mol. The maximum atomic E-state index is 12.2. The Morgan fingerprint density at radius 1 is 1.12 bits per heavy atom. The molecule has 0 bridgehead atoms. The minimum atomic E-state index is -0.717.